The van der Waals surface area contributed by atoms with Crippen molar-refractivity contribution >= 4 is 33.6 Å². The number of carbonyl (C=O) groups is 1. The smallest absolute Gasteiger partial charge is 0.230 e. The van der Waals surface area contributed by atoms with Crippen LogP contribution in [0.4, 0.5) is 0 Å². The molecule has 0 aliphatic rings. The Morgan fingerprint density at radius 2 is 1.83 bits per heavy atom. The molecule has 6 nitrogen and oxygen atoms in total. The van der Waals surface area contributed by atoms with Gasteiger partial charge in [0.15, 0.2) is 11.0 Å². The summed E-state index contributed by atoms with van der Waals surface area (Å²) in [6.07, 6.45) is 7.35. The molecule has 1 aromatic carbocycles. The highest BCUT2D eigenvalue weighted by Gasteiger charge is 2.14. The second-order valence-electron chi connectivity index (χ2n) is 6.80. The number of nitrogens with one attached hydrogen (secondary N) is 1. The molecule has 0 aliphatic carbocycles. The highest BCUT2D eigenvalue weighted by molar-refractivity contribution is 9.10. The Hall–Kier alpha value is -1.54. The number of benzene rings is 1. The third-order valence-electron chi connectivity index (χ3n) is 4.42. The number of halogens is 1. The lowest BCUT2D eigenvalue weighted by Gasteiger charge is -2.11. The molecule has 2 rings (SSSR count). The largest absolute Gasteiger partial charge is 0.486 e. The van der Waals surface area contributed by atoms with E-state index >= 15 is 0 Å². The molecule has 160 valence electrons. The summed E-state index contributed by atoms with van der Waals surface area (Å²) in [5, 5.41) is 12.2. The predicted octanol–water partition coefficient (Wildman–Crippen LogP) is 5.21. The van der Waals surface area contributed by atoms with Gasteiger partial charge in [0.05, 0.1) is 5.75 Å². The number of amides is 1. The van der Waals surface area contributed by atoms with Crippen LogP contribution in [0.5, 0.6) is 5.75 Å². The van der Waals surface area contributed by atoms with E-state index in [4.69, 9.17) is 4.74 Å². The summed E-state index contributed by atoms with van der Waals surface area (Å²) in [7, 11) is 0. The number of ether oxygens (including phenoxy) is 1. The molecule has 0 fully saturated rings. The van der Waals surface area contributed by atoms with Crippen molar-refractivity contribution in [1.82, 2.24) is 20.1 Å². The van der Waals surface area contributed by atoms with E-state index in [-0.39, 0.29) is 5.91 Å². The van der Waals surface area contributed by atoms with E-state index in [0.717, 1.165) is 34.2 Å². The van der Waals surface area contributed by atoms with Crippen molar-refractivity contribution < 1.29 is 9.53 Å². The fourth-order valence-corrected chi connectivity index (χ4v) is 3.94. The van der Waals surface area contributed by atoms with E-state index < -0.39 is 0 Å². The van der Waals surface area contributed by atoms with Gasteiger partial charge in [-0.2, -0.15) is 0 Å². The highest BCUT2D eigenvalue weighted by Crippen LogP contribution is 2.21. The summed E-state index contributed by atoms with van der Waals surface area (Å²) in [5.41, 5.74) is 0. The number of aromatic nitrogens is 3. The van der Waals surface area contributed by atoms with Crippen molar-refractivity contribution in [3.05, 3.63) is 34.6 Å². The maximum absolute atomic E-state index is 11.8. The van der Waals surface area contributed by atoms with E-state index in [1.165, 1.54) is 43.9 Å². The van der Waals surface area contributed by atoms with Gasteiger partial charge in [-0.05, 0) is 37.6 Å². The molecule has 0 bridgehead atoms. The molecule has 0 saturated carbocycles. The maximum Gasteiger partial charge on any atom is 0.230 e. The fourth-order valence-electron chi connectivity index (χ4n) is 2.86. The zero-order valence-corrected chi connectivity index (χ0v) is 19.7. The monoisotopic (exact) mass is 482 g/mol. The van der Waals surface area contributed by atoms with Gasteiger partial charge in [0.1, 0.15) is 12.4 Å². The topological polar surface area (TPSA) is 69.0 Å². The third kappa shape index (κ3) is 8.78. The minimum atomic E-state index is 0.0132. The number of hydrogen-bond acceptors (Lipinski definition) is 5. The predicted molar refractivity (Wildman–Crippen MR) is 121 cm³/mol. The average Bonchev–Trinajstić information content (AvgIpc) is 3.10. The summed E-state index contributed by atoms with van der Waals surface area (Å²) < 4.78 is 9.01. The van der Waals surface area contributed by atoms with Crippen LogP contribution in [0, 0.1) is 0 Å². The Bertz CT molecular complexity index is 737. The third-order valence-corrected chi connectivity index (χ3v) is 5.91. The minimum Gasteiger partial charge on any atom is -0.486 e. The number of unbranched alkanes of at least 4 members (excludes halogenated alkanes) is 5. The summed E-state index contributed by atoms with van der Waals surface area (Å²) in [5.74, 6) is 1.94. The number of rotatable bonds is 14. The van der Waals surface area contributed by atoms with Gasteiger partial charge in [0, 0.05) is 17.6 Å². The molecule has 8 heteroatoms. The maximum atomic E-state index is 11.8. The second-order valence-corrected chi connectivity index (χ2v) is 8.66. The van der Waals surface area contributed by atoms with Gasteiger partial charge >= 0.3 is 0 Å². The zero-order valence-electron chi connectivity index (χ0n) is 17.3. The molecule has 0 aliphatic heterocycles. The molecule has 1 amide bonds. The van der Waals surface area contributed by atoms with Crippen LogP contribution in [0.1, 0.15) is 58.2 Å². The van der Waals surface area contributed by atoms with Crippen LogP contribution >= 0.6 is 27.7 Å². The first-order valence-corrected chi connectivity index (χ1v) is 12.1. The van der Waals surface area contributed by atoms with E-state index in [1.807, 2.05) is 31.2 Å². The van der Waals surface area contributed by atoms with Crippen LogP contribution < -0.4 is 10.1 Å². The summed E-state index contributed by atoms with van der Waals surface area (Å²) >= 11 is 4.86. The lowest BCUT2D eigenvalue weighted by Crippen LogP contribution is -2.24. The van der Waals surface area contributed by atoms with Crippen LogP contribution in [0.25, 0.3) is 0 Å². The normalized spacial score (nSPS) is 10.9. The first-order chi connectivity index (χ1) is 14.1. The molecule has 0 atom stereocenters. The Morgan fingerprint density at radius 1 is 1.10 bits per heavy atom. The first kappa shape index (κ1) is 23.7. The summed E-state index contributed by atoms with van der Waals surface area (Å²) in [6, 6.07) is 7.74. The van der Waals surface area contributed by atoms with Gasteiger partial charge in [-0.1, -0.05) is 66.7 Å². The van der Waals surface area contributed by atoms with Crippen LogP contribution in [0.3, 0.4) is 0 Å². The van der Waals surface area contributed by atoms with Crippen molar-refractivity contribution in [1.29, 1.82) is 0 Å². The average molecular weight is 483 g/mol. The van der Waals surface area contributed by atoms with E-state index in [9.17, 15) is 4.79 Å². The van der Waals surface area contributed by atoms with Gasteiger partial charge in [0.25, 0.3) is 0 Å². The van der Waals surface area contributed by atoms with Crippen molar-refractivity contribution in [3.63, 3.8) is 0 Å². The van der Waals surface area contributed by atoms with E-state index in [2.05, 4.69) is 42.9 Å². The number of carbonyl (C=O) groups excluding carboxylic acids is 1. The van der Waals surface area contributed by atoms with Crippen LogP contribution in [-0.2, 0) is 17.9 Å². The highest BCUT2D eigenvalue weighted by atomic mass is 79.9. The molecule has 0 spiro atoms. The zero-order chi connectivity index (χ0) is 20.9. The van der Waals surface area contributed by atoms with Gasteiger partial charge in [0.2, 0.25) is 5.91 Å². The molecule has 0 unspecified atom stereocenters. The van der Waals surface area contributed by atoms with Crippen molar-refractivity contribution in [2.45, 2.75) is 70.7 Å². The number of nitrogens with zero attached hydrogens (tertiary/aromatic N) is 3. The van der Waals surface area contributed by atoms with Gasteiger partial charge in [-0.25, -0.2) is 0 Å². The quantitative estimate of drug-likeness (QED) is 0.295. The van der Waals surface area contributed by atoms with E-state index in [0.29, 0.717) is 18.9 Å². The molecule has 2 aromatic rings. The number of hydrogen-bond donors (Lipinski definition) is 1. The Balaban J connectivity index is 1.97. The van der Waals surface area contributed by atoms with Crippen molar-refractivity contribution in [2.75, 3.05) is 12.3 Å². The van der Waals surface area contributed by atoms with Gasteiger partial charge in [-0.3, -0.25) is 4.79 Å². The lowest BCUT2D eigenvalue weighted by atomic mass is 10.1. The SMILES string of the molecule is CCCCCCCCn1c(COc2ccc(Br)cc2)nnc1SCC(=O)NCC. The Labute approximate surface area is 186 Å². The molecular formula is C21H31BrN4O2S. The molecule has 29 heavy (non-hydrogen) atoms. The molecular weight excluding hydrogens is 452 g/mol. The lowest BCUT2D eigenvalue weighted by molar-refractivity contribution is -0.118. The number of thioether (sulfide) groups is 1. The van der Waals surface area contributed by atoms with Crippen LogP contribution in [-0.4, -0.2) is 33.0 Å². The molecule has 1 N–H and O–H groups in total. The first-order valence-electron chi connectivity index (χ1n) is 10.3. The van der Waals surface area contributed by atoms with Crippen LogP contribution in [0.15, 0.2) is 33.9 Å². The molecule has 1 aromatic heterocycles. The Kier molecular flexibility index (Phi) is 11.2. The fraction of sp³-hybridized carbons (Fsp3) is 0.571. The summed E-state index contributed by atoms with van der Waals surface area (Å²) in [6.45, 7) is 5.98. The Morgan fingerprint density at radius 3 is 2.55 bits per heavy atom. The minimum absolute atomic E-state index is 0.0132. The van der Waals surface area contributed by atoms with Crippen molar-refractivity contribution in [2.24, 2.45) is 0 Å². The standard InChI is InChI=1S/C21H31BrN4O2S/c1-3-5-6-7-8-9-14-26-19(15-28-18-12-10-17(22)11-13-18)24-25-21(26)29-16-20(27)23-4-2/h10-13H,3-9,14-16H2,1-2H3,(H,23,27). The van der Waals surface area contributed by atoms with E-state index in [1.54, 1.807) is 0 Å². The summed E-state index contributed by atoms with van der Waals surface area (Å²) in [4.78, 5) is 11.8. The van der Waals surface area contributed by atoms with Crippen LogP contribution in [0.2, 0.25) is 0 Å². The van der Waals surface area contributed by atoms with Gasteiger partial charge < -0.3 is 14.6 Å². The molecule has 0 saturated heterocycles. The van der Waals surface area contributed by atoms with Crippen molar-refractivity contribution in [3.8, 4) is 5.75 Å². The second kappa shape index (κ2) is 13.6. The molecule has 0 radical (unpaired) electrons. The molecule has 1 heterocycles. The van der Waals surface area contributed by atoms with Gasteiger partial charge in [-0.15, -0.1) is 10.2 Å².